The predicted octanol–water partition coefficient (Wildman–Crippen LogP) is 1.70. The van der Waals surface area contributed by atoms with Crippen LogP contribution < -0.4 is 14.9 Å². The normalized spacial score (nSPS) is 22.3. The Hall–Kier alpha value is -2.45. The summed E-state index contributed by atoms with van der Waals surface area (Å²) in [5.74, 6) is -0.958. The molecule has 2 aliphatic rings. The average molecular weight is 361 g/mol. The van der Waals surface area contributed by atoms with Crippen molar-refractivity contribution < 1.29 is 17.6 Å². The number of carbonyl (C=O) groups excluding carboxylic acids is 1. The molecule has 0 aromatic heterocycles. The van der Waals surface area contributed by atoms with E-state index in [0.717, 1.165) is 11.8 Å². The quantitative estimate of drug-likeness (QED) is 0.872. The van der Waals surface area contributed by atoms with Gasteiger partial charge < -0.3 is 10.2 Å². The molecule has 2 N–H and O–H groups in total. The molecule has 2 aliphatic heterocycles. The molecule has 130 valence electrons. The number of sulfonamides is 1. The number of nitrogens with zero attached hydrogens (tertiary/aromatic N) is 1. The monoisotopic (exact) mass is 361 g/mol. The maximum absolute atomic E-state index is 13.8. The number of hydrogen-bond donors (Lipinski definition) is 2. The Balaban J connectivity index is 1.59. The van der Waals surface area contributed by atoms with E-state index in [0.29, 0.717) is 18.7 Å². The average Bonchev–Trinajstić information content (AvgIpc) is 2.99. The summed E-state index contributed by atoms with van der Waals surface area (Å²) >= 11 is 0. The molecule has 25 heavy (non-hydrogen) atoms. The number of para-hydroxylation sites is 2. The van der Waals surface area contributed by atoms with E-state index in [9.17, 15) is 17.6 Å². The summed E-state index contributed by atoms with van der Waals surface area (Å²) in [6.45, 7) is 0.350. The van der Waals surface area contributed by atoms with Gasteiger partial charge in [-0.05, 0) is 30.7 Å². The van der Waals surface area contributed by atoms with E-state index in [1.807, 2.05) is 23.1 Å². The molecule has 2 aromatic rings. The highest BCUT2D eigenvalue weighted by molar-refractivity contribution is 7.89. The molecule has 8 heteroatoms. The molecule has 2 atom stereocenters. The van der Waals surface area contributed by atoms with E-state index < -0.39 is 27.9 Å². The second-order valence-corrected chi connectivity index (χ2v) is 7.84. The fourth-order valence-electron chi connectivity index (χ4n) is 3.43. The smallest absolute Gasteiger partial charge is 0.247 e. The van der Waals surface area contributed by atoms with E-state index in [1.54, 1.807) is 6.07 Å². The zero-order valence-electron chi connectivity index (χ0n) is 13.1. The second kappa shape index (κ2) is 5.82. The van der Waals surface area contributed by atoms with Crippen molar-refractivity contribution in [2.24, 2.45) is 0 Å². The van der Waals surface area contributed by atoms with Crippen LogP contribution in [0.4, 0.5) is 15.8 Å². The second-order valence-electron chi connectivity index (χ2n) is 6.16. The van der Waals surface area contributed by atoms with Gasteiger partial charge in [-0.1, -0.05) is 24.3 Å². The molecule has 0 aliphatic carbocycles. The molecule has 0 radical (unpaired) electrons. The minimum absolute atomic E-state index is 0.161. The van der Waals surface area contributed by atoms with E-state index in [4.69, 9.17) is 0 Å². The van der Waals surface area contributed by atoms with Crippen molar-refractivity contribution in [1.82, 2.24) is 4.72 Å². The van der Waals surface area contributed by atoms with Crippen LogP contribution in [0.3, 0.4) is 0 Å². The van der Waals surface area contributed by atoms with Crippen molar-refractivity contribution in [3.05, 3.63) is 54.3 Å². The van der Waals surface area contributed by atoms with Crippen molar-refractivity contribution in [2.75, 3.05) is 16.8 Å². The molecule has 1 saturated heterocycles. The third-order valence-corrected chi connectivity index (χ3v) is 6.08. The number of hydrogen-bond acceptors (Lipinski definition) is 4. The maximum atomic E-state index is 13.8. The van der Waals surface area contributed by atoms with Crippen molar-refractivity contribution in [3.8, 4) is 0 Å². The van der Waals surface area contributed by atoms with Gasteiger partial charge in [0.25, 0.3) is 0 Å². The first-order valence-electron chi connectivity index (χ1n) is 7.89. The highest BCUT2D eigenvalue weighted by Gasteiger charge is 2.42. The van der Waals surface area contributed by atoms with E-state index in [-0.39, 0.29) is 10.8 Å². The Morgan fingerprint density at radius 3 is 2.64 bits per heavy atom. The third-order valence-electron chi connectivity index (χ3n) is 4.52. The minimum atomic E-state index is -4.00. The fourth-order valence-corrected chi connectivity index (χ4v) is 4.75. The molecule has 0 saturated carbocycles. The fraction of sp³-hybridized carbons (Fsp3) is 0.235. The Labute approximate surface area is 144 Å². The SMILES string of the molecule is O=C1Nc2ccccc2N2CC(NS(=O)(=O)c3ccccc3F)CC12. The summed E-state index contributed by atoms with van der Waals surface area (Å²) in [6.07, 6.45) is 0.327. The van der Waals surface area contributed by atoms with Gasteiger partial charge in [0.15, 0.2) is 0 Å². The Morgan fingerprint density at radius 2 is 1.84 bits per heavy atom. The Bertz CT molecular complexity index is 948. The molecule has 6 nitrogen and oxygen atoms in total. The zero-order chi connectivity index (χ0) is 17.6. The van der Waals surface area contributed by atoms with Crippen LogP contribution >= 0.6 is 0 Å². The molecule has 1 amide bonds. The van der Waals surface area contributed by atoms with Gasteiger partial charge in [-0.3, -0.25) is 4.79 Å². The van der Waals surface area contributed by atoms with Crippen LogP contribution in [0, 0.1) is 5.82 Å². The first kappa shape index (κ1) is 16.0. The highest BCUT2D eigenvalue weighted by Crippen LogP contribution is 2.36. The zero-order valence-corrected chi connectivity index (χ0v) is 14.0. The van der Waals surface area contributed by atoms with E-state index in [1.165, 1.54) is 18.2 Å². The lowest BCUT2D eigenvalue weighted by Gasteiger charge is -2.32. The van der Waals surface area contributed by atoms with Gasteiger partial charge in [-0.25, -0.2) is 17.5 Å². The summed E-state index contributed by atoms with van der Waals surface area (Å²) < 4.78 is 41.3. The molecule has 2 heterocycles. The van der Waals surface area contributed by atoms with Crippen LogP contribution in [0.2, 0.25) is 0 Å². The Morgan fingerprint density at radius 1 is 1.12 bits per heavy atom. The van der Waals surface area contributed by atoms with Gasteiger partial charge in [0.1, 0.15) is 16.8 Å². The van der Waals surface area contributed by atoms with Crippen molar-refractivity contribution in [3.63, 3.8) is 0 Å². The maximum Gasteiger partial charge on any atom is 0.247 e. The summed E-state index contributed by atoms with van der Waals surface area (Å²) in [5, 5.41) is 2.84. The number of carbonyl (C=O) groups is 1. The van der Waals surface area contributed by atoms with Crippen LogP contribution in [-0.4, -0.2) is 33.0 Å². The summed E-state index contributed by atoms with van der Waals surface area (Å²) in [5.41, 5.74) is 1.57. The number of fused-ring (bicyclic) bond motifs is 3. The Kier molecular flexibility index (Phi) is 3.73. The predicted molar refractivity (Wildman–Crippen MR) is 91.3 cm³/mol. The number of nitrogens with one attached hydrogen (secondary N) is 2. The van der Waals surface area contributed by atoms with Crippen LogP contribution in [0.15, 0.2) is 53.4 Å². The molecular formula is C17H16FN3O3S. The number of rotatable bonds is 3. The lowest BCUT2D eigenvalue weighted by molar-refractivity contribution is -0.117. The van der Waals surface area contributed by atoms with Crippen molar-refractivity contribution >= 4 is 27.3 Å². The molecule has 1 fully saturated rings. The van der Waals surface area contributed by atoms with Gasteiger partial charge in [-0.2, -0.15) is 0 Å². The van der Waals surface area contributed by atoms with Gasteiger partial charge in [0, 0.05) is 12.6 Å². The first-order valence-corrected chi connectivity index (χ1v) is 9.37. The van der Waals surface area contributed by atoms with Gasteiger partial charge in [0.05, 0.1) is 11.4 Å². The van der Waals surface area contributed by atoms with Crippen LogP contribution in [0.5, 0.6) is 0 Å². The van der Waals surface area contributed by atoms with E-state index in [2.05, 4.69) is 10.0 Å². The summed E-state index contributed by atoms with van der Waals surface area (Å²) in [7, 11) is -4.00. The minimum Gasteiger partial charge on any atom is -0.356 e. The molecule has 0 bridgehead atoms. The largest absolute Gasteiger partial charge is 0.356 e. The highest BCUT2D eigenvalue weighted by atomic mass is 32.2. The molecule has 2 unspecified atom stereocenters. The molecule has 4 rings (SSSR count). The first-order chi connectivity index (χ1) is 12.0. The number of amides is 1. The van der Waals surface area contributed by atoms with Gasteiger partial charge in [-0.15, -0.1) is 0 Å². The lowest BCUT2D eigenvalue weighted by atomic mass is 10.1. The molecule has 0 spiro atoms. The third kappa shape index (κ3) is 2.77. The van der Waals surface area contributed by atoms with Crippen LogP contribution in [0.1, 0.15) is 6.42 Å². The van der Waals surface area contributed by atoms with Gasteiger partial charge in [0.2, 0.25) is 15.9 Å². The van der Waals surface area contributed by atoms with Gasteiger partial charge >= 0.3 is 0 Å². The van der Waals surface area contributed by atoms with Crippen LogP contribution in [0.25, 0.3) is 0 Å². The molecule has 2 aromatic carbocycles. The number of anilines is 2. The summed E-state index contributed by atoms with van der Waals surface area (Å²) in [6, 6.07) is 11.7. The number of benzene rings is 2. The summed E-state index contributed by atoms with van der Waals surface area (Å²) in [4.78, 5) is 13.8. The standard InChI is InChI=1S/C17H16FN3O3S/c18-12-5-1-4-8-16(12)25(23,24)20-11-9-15-17(22)19-13-6-2-3-7-14(13)21(15)10-11/h1-8,11,15,20H,9-10H2,(H,19,22). The van der Waals surface area contributed by atoms with E-state index >= 15 is 0 Å². The number of halogens is 1. The lowest BCUT2D eigenvalue weighted by Crippen LogP contribution is -2.44. The van der Waals surface area contributed by atoms with Crippen molar-refractivity contribution in [1.29, 1.82) is 0 Å². The van der Waals surface area contributed by atoms with Crippen LogP contribution in [-0.2, 0) is 14.8 Å². The van der Waals surface area contributed by atoms with Crippen molar-refractivity contribution in [2.45, 2.75) is 23.4 Å². The topological polar surface area (TPSA) is 78.5 Å². The molecular weight excluding hydrogens is 345 g/mol.